The van der Waals surface area contributed by atoms with Gasteiger partial charge in [0.25, 0.3) is 0 Å². The highest BCUT2D eigenvalue weighted by Crippen LogP contribution is 2.38. The number of nitrogens with one attached hydrogen (secondary N) is 1. The molecule has 2 fully saturated rings. The van der Waals surface area contributed by atoms with Gasteiger partial charge in [0.2, 0.25) is 0 Å². The number of ether oxygens (including phenoxy) is 2. The van der Waals surface area contributed by atoms with Crippen molar-refractivity contribution >= 4 is 11.6 Å². The number of morpholine rings is 1. The van der Waals surface area contributed by atoms with Crippen LogP contribution in [0.5, 0.6) is 0 Å². The van der Waals surface area contributed by atoms with Crippen LogP contribution in [0.15, 0.2) is 24.3 Å². The fourth-order valence-corrected chi connectivity index (χ4v) is 2.69. The maximum Gasteiger partial charge on any atom is 0.0841 e. The van der Waals surface area contributed by atoms with E-state index in [1.807, 2.05) is 12.1 Å². The lowest BCUT2D eigenvalue weighted by Gasteiger charge is -2.48. The predicted octanol–water partition coefficient (Wildman–Crippen LogP) is 1.60. The van der Waals surface area contributed by atoms with E-state index >= 15 is 0 Å². The van der Waals surface area contributed by atoms with Crippen molar-refractivity contribution in [3.05, 3.63) is 34.9 Å². The topological polar surface area (TPSA) is 30.5 Å². The van der Waals surface area contributed by atoms with E-state index in [4.69, 9.17) is 21.1 Å². The van der Waals surface area contributed by atoms with Crippen LogP contribution in [0.4, 0.5) is 0 Å². The molecule has 92 valence electrons. The molecule has 0 aliphatic carbocycles. The van der Waals surface area contributed by atoms with Crippen molar-refractivity contribution in [1.29, 1.82) is 0 Å². The fraction of sp³-hybridized carbons (Fsp3) is 0.538. The summed E-state index contributed by atoms with van der Waals surface area (Å²) in [6.07, 6.45) is 0.200. The minimum atomic E-state index is 0.0119. The van der Waals surface area contributed by atoms with E-state index in [9.17, 15) is 0 Å². The first kappa shape index (κ1) is 11.5. The van der Waals surface area contributed by atoms with E-state index in [-0.39, 0.29) is 11.5 Å². The van der Waals surface area contributed by atoms with Gasteiger partial charge in [0.1, 0.15) is 0 Å². The summed E-state index contributed by atoms with van der Waals surface area (Å²) in [6, 6.07) is 8.05. The molecule has 2 aliphatic heterocycles. The Hall–Kier alpha value is -0.610. The molecule has 17 heavy (non-hydrogen) atoms. The molecule has 4 heteroatoms. The molecular weight excluding hydrogens is 238 g/mol. The summed E-state index contributed by atoms with van der Waals surface area (Å²) in [7, 11) is 0. The Morgan fingerprint density at radius 1 is 1.24 bits per heavy atom. The maximum absolute atomic E-state index is 5.93. The van der Waals surface area contributed by atoms with E-state index in [0.717, 1.165) is 37.9 Å². The molecule has 2 saturated heterocycles. The average molecular weight is 254 g/mol. The predicted molar refractivity (Wildman–Crippen MR) is 66.6 cm³/mol. The zero-order chi connectivity index (χ0) is 11.7. The minimum Gasteiger partial charge on any atom is -0.379 e. The summed E-state index contributed by atoms with van der Waals surface area (Å²) >= 11 is 5.93. The first-order chi connectivity index (χ1) is 8.31. The minimum absolute atomic E-state index is 0.0119. The van der Waals surface area contributed by atoms with Crippen LogP contribution in [-0.2, 0) is 14.9 Å². The monoisotopic (exact) mass is 253 g/mol. The van der Waals surface area contributed by atoms with Gasteiger partial charge >= 0.3 is 0 Å². The van der Waals surface area contributed by atoms with Gasteiger partial charge in [0.05, 0.1) is 31.3 Å². The van der Waals surface area contributed by atoms with Crippen LogP contribution in [-0.4, -0.2) is 39.0 Å². The lowest BCUT2D eigenvalue weighted by molar-refractivity contribution is -0.146. The molecule has 0 spiro atoms. The van der Waals surface area contributed by atoms with Gasteiger partial charge in [-0.1, -0.05) is 23.7 Å². The smallest absolute Gasteiger partial charge is 0.0841 e. The highest BCUT2D eigenvalue weighted by Gasteiger charge is 2.48. The highest BCUT2D eigenvalue weighted by atomic mass is 35.5. The van der Waals surface area contributed by atoms with Crippen molar-refractivity contribution in [1.82, 2.24) is 5.32 Å². The van der Waals surface area contributed by atoms with Gasteiger partial charge < -0.3 is 14.8 Å². The second-order valence-corrected chi connectivity index (χ2v) is 5.16. The Bertz CT molecular complexity index is 383. The van der Waals surface area contributed by atoms with Crippen LogP contribution in [0, 0.1) is 0 Å². The van der Waals surface area contributed by atoms with Crippen LogP contribution in [0.1, 0.15) is 5.56 Å². The second-order valence-electron chi connectivity index (χ2n) is 4.72. The van der Waals surface area contributed by atoms with Crippen LogP contribution in [0.25, 0.3) is 0 Å². The molecule has 1 N–H and O–H groups in total. The van der Waals surface area contributed by atoms with E-state index < -0.39 is 0 Å². The molecule has 3 nitrogen and oxygen atoms in total. The quantitative estimate of drug-likeness (QED) is 0.869. The van der Waals surface area contributed by atoms with Crippen LogP contribution in [0.3, 0.4) is 0 Å². The van der Waals surface area contributed by atoms with Crippen molar-refractivity contribution in [2.24, 2.45) is 0 Å². The lowest BCUT2D eigenvalue weighted by Crippen LogP contribution is -2.61. The van der Waals surface area contributed by atoms with Gasteiger partial charge in [-0.2, -0.15) is 0 Å². The van der Waals surface area contributed by atoms with E-state index in [1.54, 1.807) is 0 Å². The Morgan fingerprint density at radius 3 is 2.53 bits per heavy atom. The maximum atomic E-state index is 5.93. The zero-order valence-electron chi connectivity index (χ0n) is 9.62. The molecule has 0 aromatic heterocycles. The summed E-state index contributed by atoms with van der Waals surface area (Å²) < 4.78 is 11.3. The highest BCUT2D eigenvalue weighted by molar-refractivity contribution is 6.30. The van der Waals surface area contributed by atoms with E-state index in [1.165, 1.54) is 5.56 Å². The standard InChI is InChI=1S/C13H16ClNO2/c14-11-3-1-10(2-4-11)13(8-16-9-13)12-7-15-5-6-17-12/h1-4,12,15H,5-9H2. The third-order valence-electron chi connectivity index (χ3n) is 3.68. The zero-order valence-corrected chi connectivity index (χ0v) is 10.4. The Kier molecular flexibility index (Phi) is 3.09. The molecule has 1 aromatic carbocycles. The Morgan fingerprint density at radius 2 is 2.00 bits per heavy atom. The third-order valence-corrected chi connectivity index (χ3v) is 3.93. The van der Waals surface area contributed by atoms with Crippen molar-refractivity contribution in [2.75, 3.05) is 32.9 Å². The molecule has 2 aliphatic rings. The first-order valence-corrected chi connectivity index (χ1v) is 6.35. The van der Waals surface area contributed by atoms with Crippen molar-refractivity contribution < 1.29 is 9.47 Å². The summed E-state index contributed by atoms with van der Waals surface area (Å²) in [4.78, 5) is 0. The lowest BCUT2D eigenvalue weighted by atomic mass is 9.73. The molecule has 3 rings (SSSR count). The third kappa shape index (κ3) is 1.97. The van der Waals surface area contributed by atoms with Gasteiger partial charge in [-0.3, -0.25) is 0 Å². The molecule has 1 atom stereocenters. The van der Waals surface area contributed by atoms with Crippen LogP contribution >= 0.6 is 11.6 Å². The molecule has 1 unspecified atom stereocenters. The molecule has 0 amide bonds. The number of benzene rings is 1. The second kappa shape index (κ2) is 4.58. The average Bonchev–Trinajstić information content (AvgIpc) is 2.32. The molecule has 1 aromatic rings. The Balaban J connectivity index is 1.87. The van der Waals surface area contributed by atoms with Crippen LogP contribution < -0.4 is 5.32 Å². The van der Waals surface area contributed by atoms with Gasteiger partial charge in [-0.25, -0.2) is 0 Å². The van der Waals surface area contributed by atoms with Gasteiger partial charge in [-0.05, 0) is 17.7 Å². The summed E-state index contributed by atoms with van der Waals surface area (Å²) in [5, 5.41) is 4.15. The fourth-order valence-electron chi connectivity index (χ4n) is 2.56. The number of rotatable bonds is 2. The van der Waals surface area contributed by atoms with Crippen LogP contribution in [0.2, 0.25) is 5.02 Å². The molecule has 0 saturated carbocycles. The SMILES string of the molecule is Clc1ccc(C2(C3CNCCO3)COC2)cc1. The summed E-state index contributed by atoms with van der Waals surface area (Å²) in [5.41, 5.74) is 1.28. The van der Waals surface area contributed by atoms with E-state index in [0.29, 0.717) is 0 Å². The summed E-state index contributed by atoms with van der Waals surface area (Å²) in [6.45, 7) is 4.09. The largest absolute Gasteiger partial charge is 0.379 e. The van der Waals surface area contributed by atoms with Crippen molar-refractivity contribution in [3.8, 4) is 0 Å². The first-order valence-electron chi connectivity index (χ1n) is 5.97. The molecule has 0 radical (unpaired) electrons. The van der Waals surface area contributed by atoms with Gasteiger partial charge in [0.15, 0.2) is 0 Å². The van der Waals surface area contributed by atoms with Crippen molar-refractivity contribution in [3.63, 3.8) is 0 Å². The van der Waals surface area contributed by atoms with Crippen molar-refractivity contribution in [2.45, 2.75) is 11.5 Å². The summed E-state index contributed by atoms with van der Waals surface area (Å²) in [5.74, 6) is 0. The number of halogens is 1. The molecule has 0 bridgehead atoms. The molecule has 2 heterocycles. The Labute approximate surface area is 106 Å². The number of hydrogen-bond donors (Lipinski definition) is 1. The molecular formula is C13H16ClNO2. The normalized spacial score (nSPS) is 27.5. The van der Waals surface area contributed by atoms with E-state index in [2.05, 4.69) is 17.4 Å². The van der Waals surface area contributed by atoms with Gasteiger partial charge in [0, 0.05) is 18.1 Å². The number of hydrogen-bond acceptors (Lipinski definition) is 3. The van der Waals surface area contributed by atoms with Gasteiger partial charge in [-0.15, -0.1) is 0 Å².